The number of hydrogen-bond donors (Lipinski definition) is 1. The molecule has 0 atom stereocenters. The first kappa shape index (κ1) is 14.9. The summed E-state index contributed by atoms with van der Waals surface area (Å²) in [5, 5.41) is 0. The molecule has 0 aliphatic heterocycles. The lowest BCUT2D eigenvalue weighted by atomic mass is 9.66. The number of rotatable bonds is 3. The summed E-state index contributed by atoms with van der Waals surface area (Å²) >= 11 is 0. The van der Waals surface area contributed by atoms with E-state index < -0.39 is 0 Å². The predicted octanol–water partition coefficient (Wildman–Crippen LogP) is 4.26. The summed E-state index contributed by atoms with van der Waals surface area (Å²) in [6, 6.07) is 8.71. The highest BCUT2D eigenvalue weighted by atomic mass is 15.2. The fourth-order valence-electron chi connectivity index (χ4n) is 4.74. The van der Waals surface area contributed by atoms with Crippen LogP contribution in [0.3, 0.4) is 0 Å². The molecule has 0 saturated heterocycles. The van der Waals surface area contributed by atoms with Gasteiger partial charge in [-0.2, -0.15) is 0 Å². The van der Waals surface area contributed by atoms with Crippen molar-refractivity contribution in [3.8, 4) is 0 Å². The van der Waals surface area contributed by atoms with Gasteiger partial charge < -0.3 is 10.6 Å². The van der Waals surface area contributed by atoms with Gasteiger partial charge in [0, 0.05) is 19.3 Å². The Kier molecular flexibility index (Phi) is 4.00. The quantitative estimate of drug-likeness (QED) is 0.899. The Hall–Kier alpha value is -1.02. The molecule has 0 radical (unpaired) electrons. The van der Waals surface area contributed by atoms with Gasteiger partial charge in [-0.1, -0.05) is 31.0 Å². The Morgan fingerprint density at radius 2 is 1.62 bits per heavy atom. The molecule has 1 aromatic carbocycles. The molecule has 1 spiro atoms. The minimum Gasteiger partial charge on any atom is -0.367 e. The van der Waals surface area contributed by atoms with Gasteiger partial charge in [-0.05, 0) is 62.5 Å². The topological polar surface area (TPSA) is 29.3 Å². The van der Waals surface area contributed by atoms with Crippen LogP contribution in [0.4, 0.5) is 5.69 Å². The van der Waals surface area contributed by atoms with Crippen molar-refractivity contribution in [1.29, 1.82) is 0 Å². The van der Waals surface area contributed by atoms with E-state index in [2.05, 4.69) is 43.1 Å². The van der Waals surface area contributed by atoms with Gasteiger partial charge in [-0.3, -0.25) is 0 Å². The Balaban J connectivity index is 1.80. The normalized spacial score (nSPS) is 23.4. The van der Waals surface area contributed by atoms with E-state index in [0.717, 1.165) is 6.54 Å². The van der Waals surface area contributed by atoms with Crippen molar-refractivity contribution in [2.24, 2.45) is 11.1 Å². The summed E-state index contributed by atoms with van der Waals surface area (Å²) in [5.74, 6) is 0. The molecule has 2 fully saturated rings. The van der Waals surface area contributed by atoms with Gasteiger partial charge in [0.05, 0.1) is 5.54 Å². The van der Waals surface area contributed by atoms with Crippen LogP contribution in [-0.4, -0.2) is 19.1 Å². The second kappa shape index (κ2) is 5.64. The zero-order valence-electron chi connectivity index (χ0n) is 13.7. The lowest BCUT2D eigenvalue weighted by molar-refractivity contribution is 0.135. The van der Waals surface area contributed by atoms with Crippen molar-refractivity contribution in [2.75, 3.05) is 18.5 Å². The minimum atomic E-state index is 0.167. The first-order chi connectivity index (χ1) is 10.1. The number of likely N-dealkylation sites (N-methyl/N-ethyl adjacent to an activating group) is 1. The maximum atomic E-state index is 6.27. The van der Waals surface area contributed by atoms with Crippen molar-refractivity contribution >= 4 is 5.69 Å². The summed E-state index contributed by atoms with van der Waals surface area (Å²) in [4.78, 5) is 2.49. The molecule has 0 unspecified atom stereocenters. The van der Waals surface area contributed by atoms with E-state index in [9.17, 15) is 0 Å². The lowest BCUT2D eigenvalue weighted by Gasteiger charge is -2.50. The van der Waals surface area contributed by atoms with Crippen LogP contribution in [0.2, 0.25) is 0 Å². The van der Waals surface area contributed by atoms with E-state index >= 15 is 0 Å². The second-order valence-corrected chi connectivity index (χ2v) is 7.48. The largest absolute Gasteiger partial charge is 0.367 e. The number of hydrogen-bond acceptors (Lipinski definition) is 2. The van der Waals surface area contributed by atoms with E-state index in [1.54, 1.807) is 0 Å². The standard InChI is InChI=1S/C19H30N2/c1-16-7-3-4-8-17(16)21(2)19(15-20)13-11-18(12-14-19)9-5-6-10-18/h3-4,7-8H,5-6,9-15,20H2,1-2H3. The molecule has 2 N–H and O–H groups in total. The smallest absolute Gasteiger partial charge is 0.0521 e. The van der Waals surface area contributed by atoms with E-state index in [1.165, 1.54) is 62.6 Å². The molecule has 2 heteroatoms. The molecule has 2 aliphatic carbocycles. The highest BCUT2D eigenvalue weighted by Crippen LogP contribution is 2.52. The van der Waals surface area contributed by atoms with Crippen LogP contribution in [0.1, 0.15) is 56.9 Å². The molecule has 1 aromatic rings. The molecular weight excluding hydrogens is 256 g/mol. The maximum Gasteiger partial charge on any atom is 0.0521 e. The van der Waals surface area contributed by atoms with Crippen molar-refractivity contribution in [3.63, 3.8) is 0 Å². The van der Waals surface area contributed by atoms with E-state index in [0.29, 0.717) is 5.41 Å². The van der Waals surface area contributed by atoms with Crippen molar-refractivity contribution < 1.29 is 0 Å². The van der Waals surface area contributed by atoms with Gasteiger partial charge in [-0.25, -0.2) is 0 Å². The van der Waals surface area contributed by atoms with E-state index in [4.69, 9.17) is 5.73 Å². The highest BCUT2D eigenvalue weighted by Gasteiger charge is 2.45. The fraction of sp³-hybridized carbons (Fsp3) is 0.684. The maximum absolute atomic E-state index is 6.27. The van der Waals surface area contributed by atoms with Gasteiger partial charge in [-0.15, -0.1) is 0 Å². The van der Waals surface area contributed by atoms with Crippen molar-refractivity contribution in [3.05, 3.63) is 29.8 Å². The third-order valence-corrected chi connectivity index (χ3v) is 6.47. The van der Waals surface area contributed by atoms with E-state index in [1.807, 2.05) is 0 Å². The Morgan fingerprint density at radius 3 is 2.19 bits per heavy atom. The van der Waals surface area contributed by atoms with Crippen LogP contribution in [-0.2, 0) is 0 Å². The Bertz CT molecular complexity index is 478. The zero-order valence-corrected chi connectivity index (χ0v) is 13.7. The van der Waals surface area contributed by atoms with Crippen LogP contribution < -0.4 is 10.6 Å². The third-order valence-electron chi connectivity index (χ3n) is 6.47. The monoisotopic (exact) mass is 286 g/mol. The summed E-state index contributed by atoms with van der Waals surface area (Å²) in [6.45, 7) is 2.98. The summed E-state index contributed by atoms with van der Waals surface area (Å²) in [6.07, 6.45) is 11.1. The molecule has 2 nitrogen and oxygen atoms in total. The Labute approximate surface area is 129 Å². The molecule has 2 saturated carbocycles. The molecule has 0 amide bonds. The number of anilines is 1. The molecular formula is C19H30N2. The molecule has 0 heterocycles. The van der Waals surface area contributed by atoms with E-state index in [-0.39, 0.29) is 5.54 Å². The second-order valence-electron chi connectivity index (χ2n) is 7.48. The van der Waals surface area contributed by atoms with Gasteiger partial charge >= 0.3 is 0 Å². The first-order valence-corrected chi connectivity index (χ1v) is 8.60. The number of para-hydroxylation sites is 1. The van der Waals surface area contributed by atoms with Crippen LogP contribution in [0.25, 0.3) is 0 Å². The highest BCUT2D eigenvalue weighted by molar-refractivity contribution is 5.54. The molecule has 3 rings (SSSR count). The van der Waals surface area contributed by atoms with Crippen LogP contribution in [0.5, 0.6) is 0 Å². The minimum absolute atomic E-state index is 0.167. The zero-order chi connectivity index (χ0) is 14.9. The van der Waals surface area contributed by atoms with Gasteiger partial charge in [0.2, 0.25) is 0 Å². The average Bonchev–Trinajstić information content (AvgIpc) is 2.97. The van der Waals surface area contributed by atoms with Crippen LogP contribution >= 0.6 is 0 Å². The SMILES string of the molecule is Cc1ccccc1N(C)C1(CN)CCC2(CCCC2)CC1. The Morgan fingerprint density at radius 1 is 1.00 bits per heavy atom. The summed E-state index contributed by atoms with van der Waals surface area (Å²) < 4.78 is 0. The van der Waals surface area contributed by atoms with Gasteiger partial charge in [0.15, 0.2) is 0 Å². The van der Waals surface area contributed by atoms with Crippen LogP contribution in [0.15, 0.2) is 24.3 Å². The number of nitrogens with zero attached hydrogens (tertiary/aromatic N) is 1. The lowest BCUT2D eigenvalue weighted by Crippen LogP contribution is -2.55. The molecule has 0 aromatic heterocycles. The molecule has 2 aliphatic rings. The molecule has 0 bridgehead atoms. The van der Waals surface area contributed by atoms with Crippen molar-refractivity contribution in [2.45, 2.75) is 63.8 Å². The third kappa shape index (κ3) is 2.59. The van der Waals surface area contributed by atoms with Crippen molar-refractivity contribution in [1.82, 2.24) is 0 Å². The van der Waals surface area contributed by atoms with Crippen LogP contribution in [0, 0.1) is 12.3 Å². The number of nitrogens with two attached hydrogens (primary N) is 1. The van der Waals surface area contributed by atoms with Gasteiger partial charge in [0.25, 0.3) is 0 Å². The predicted molar refractivity (Wildman–Crippen MR) is 90.7 cm³/mol. The first-order valence-electron chi connectivity index (χ1n) is 8.60. The van der Waals surface area contributed by atoms with Gasteiger partial charge in [0.1, 0.15) is 0 Å². The fourth-order valence-corrected chi connectivity index (χ4v) is 4.74. The molecule has 21 heavy (non-hydrogen) atoms. The number of aryl methyl sites for hydroxylation is 1. The number of benzene rings is 1. The molecule has 116 valence electrons. The average molecular weight is 286 g/mol. The summed E-state index contributed by atoms with van der Waals surface area (Å²) in [5.41, 5.74) is 9.82. The summed E-state index contributed by atoms with van der Waals surface area (Å²) in [7, 11) is 2.25.